The number of benzene rings is 3. The number of aromatic nitrogens is 1. The van der Waals surface area contributed by atoms with Gasteiger partial charge in [0, 0.05) is 22.7 Å². The Kier molecular flexibility index (Phi) is 6.50. The van der Waals surface area contributed by atoms with Gasteiger partial charge in [0.2, 0.25) is 0 Å². The Labute approximate surface area is 199 Å². The molecule has 0 fully saturated rings. The van der Waals surface area contributed by atoms with Gasteiger partial charge in [0.1, 0.15) is 11.5 Å². The monoisotopic (exact) mass is 482 g/mol. The number of hydrogen-bond acceptors (Lipinski definition) is 5. The summed E-state index contributed by atoms with van der Waals surface area (Å²) in [5.74, 6) is 1.52. The summed E-state index contributed by atoms with van der Waals surface area (Å²) in [6.45, 7) is 1.81. The molecule has 6 nitrogen and oxygen atoms in total. The molecular formula is C26H21F3N2O4. The standard InChI is InChI=1S/C26H21F3N2O4/c1-15-22(12-17-13-23(33-2)24(34-3)14-21(17)30-15)35-20-9-7-19(8-10-20)31-25(32)16-5-4-6-18(11-16)26(27,28)29/h4-14H,1-3H3,(H,31,32). The summed E-state index contributed by atoms with van der Waals surface area (Å²) in [5, 5.41) is 3.39. The Hall–Kier alpha value is -4.27. The molecular weight excluding hydrogens is 461 g/mol. The maximum Gasteiger partial charge on any atom is 0.416 e. The van der Waals surface area contributed by atoms with Crippen LogP contribution in [0.5, 0.6) is 23.0 Å². The molecule has 0 aliphatic carbocycles. The first-order chi connectivity index (χ1) is 16.7. The largest absolute Gasteiger partial charge is 0.493 e. The molecule has 4 aromatic rings. The van der Waals surface area contributed by atoms with Crippen LogP contribution in [0.25, 0.3) is 10.9 Å². The zero-order valence-electron chi connectivity index (χ0n) is 19.1. The molecule has 0 bridgehead atoms. The third-order valence-corrected chi connectivity index (χ3v) is 5.26. The maximum absolute atomic E-state index is 12.9. The summed E-state index contributed by atoms with van der Waals surface area (Å²) in [5.41, 5.74) is 0.811. The molecule has 35 heavy (non-hydrogen) atoms. The Bertz CT molecular complexity index is 1390. The third kappa shape index (κ3) is 5.29. The lowest BCUT2D eigenvalue weighted by Crippen LogP contribution is -2.13. The van der Waals surface area contributed by atoms with Gasteiger partial charge in [0.25, 0.3) is 5.91 Å². The number of nitrogens with one attached hydrogen (secondary N) is 1. The van der Waals surface area contributed by atoms with Crippen LogP contribution in [-0.2, 0) is 6.18 Å². The number of aryl methyl sites for hydroxylation is 1. The van der Waals surface area contributed by atoms with E-state index >= 15 is 0 Å². The predicted octanol–water partition coefficient (Wildman–Crippen LogP) is 6.62. The van der Waals surface area contributed by atoms with Crippen LogP contribution in [0, 0.1) is 6.92 Å². The number of amides is 1. The zero-order valence-corrected chi connectivity index (χ0v) is 19.1. The average molecular weight is 482 g/mol. The molecule has 1 N–H and O–H groups in total. The Morgan fingerprint density at radius 1 is 0.886 bits per heavy atom. The van der Waals surface area contributed by atoms with E-state index in [1.807, 2.05) is 13.0 Å². The van der Waals surface area contributed by atoms with Gasteiger partial charge < -0.3 is 19.5 Å². The van der Waals surface area contributed by atoms with Crippen molar-refractivity contribution in [2.24, 2.45) is 0 Å². The zero-order chi connectivity index (χ0) is 25.2. The second kappa shape index (κ2) is 9.54. The quantitative estimate of drug-likeness (QED) is 0.334. The summed E-state index contributed by atoms with van der Waals surface area (Å²) >= 11 is 0. The number of halogens is 3. The number of hydrogen-bond donors (Lipinski definition) is 1. The molecule has 0 saturated heterocycles. The molecule has 0 saturated carbocycles. The van der Waals surface area contributed by atoms with Gasteiger partial charge in [0.15, 0.2) is 11.5 Å². The number of anilines is 1. The van der Waals surface area contributed by atoms with Crippen molar-refractivity contribution in [3.63, 3.8) is 0 Å². The molecule has 0 unspecified atom stereocenters. The van der Waals surface area contributed by atoms with E-state index in [1.54, 1.807) is 50.6 Å². The van der Waals surface area contributed by atoms with E-state index < -0.39 is 17.6 Å². The van der Waals surface area contributed by atoms with Crippen molar-refractivity contribution in [2.45, 2.75) is 13.1 Å². The van der Waals surface area contributed by atoms with Crippen LogP contribution in [0.3, 0.4) is 0 Å². The fourth-order valence-electron chi connectivity index (χ4n) is 3.45. The molecule has 0 radical (unpaired) electrons. The Morgan fingerprint density at radius 3 is 2.20 bits per heavy atom. The first-order valence-electron chi connectivity index (χ1n) is 10.5. The van der Waals surface area contributed by atoms with Gasteiger partial charge in [-0.25, -0.2) is 4.98 Å². The number of methoxy groups -OCH3 is 2. The first-order valence-corrected chi connectivity index (χ1v) is 10.5. The van der Waals surface area contributed by atoms with E-state index in [1.165, 1.54) is 12.1 Å². The van der Waals surface area contributed by atoms with Gasteiger partial charge in [-0.2, -0.15) is 13.2 Å². The highest BCUT2D eigenvalue weighted by Crippen LogP contribution is 2.35. The van der Waals surface area contributed by atoms with E-state index in [-0.39, 0.29) is 5.56 Å². The molecule has 1 heterocycles. The number of fused-ring (bicyclic) bond motifs is 1. The van der Waals surface area contributed by atoms with Crippen LogP contribution in [0.4, 0.5) is 18.9 Å². The van der Waals surface area contributed by atoms with Gasteiger partial charge in [-0.05, 0) is 61.5 Å². The second-order valence-corrected chi connectivity index (χ2v) is 7.63. The number of ether oxygens (including phenoxy) is 3. The molecule has 0 atom stereocenters. The highest BCUT2D eigenvalue weighted by molar-refractivity contribution is 6.04. The topological polar surface area (TPSA) is 69.7 Å². The number of carbonyl (C=O) groups is 1. The van der Waals surface area contributed by atoms with Crippen LogP contribution >= 0.6 is 0 Å². The summed E-state index contributed by atoms with van der Waals surface area (Å²) in [4.78, 5) is 17.0. The first kappa shape index (κ1) is 23.9. The summed E-state index contributed by atoms with van der Waals surface area (Å²) < 4.78 is 55.4. The lowest BCUT2D eigenvalue weighted by molar-refractivity contribution is -0.137. The van der Waals surface area contributed by atoms with Gasteiger partial charge >= 0.3 is 6.18 Å². The molecule has 9 heteroatoms. The van der Waals surface area contributed by atoms with Gasteiger partial charge in [-0.15, -0.1) is 0 Å². The SMILES string of the molecule is COc1cc2cc(Oc3ccc(NC(=O)c4cccc(C(F)(F)F)c4)cc3)c(C)nc2cc1OC. The van der Waals surface area contributed by atoms with Crippen molar-refractivity contribution in [2.75, 3.05) is 19.5 Å². The highest BCUT2D eigenvalue weighted by atomic mass is 19.4. The van der Waals surface area contributed by atoms with Crippen molar-refractivity contribution in [3.05, 3.63) is 83.6 Å². The molecule has 1 amide bonds. The summed E-state index contributed by atoms with van der Waals surface area (Å²) in [6, 6.07) is 16.1. The summed E-state index contributed by atoms with van der Waals surface area (Å²) in [6.07, 6.45) is -4.53. The normalized spacial score (nSPS) is 11.3. The van der Waals surface area contributed by atoms with Crippen molar-refractivity contribution in [3.8, 4) is 23.0 Å². The van der Waals surface area contributed by atoms with E-state index in [4.69, 9.17) is 14.2 Å². The van der Waals surface area contributed by atoms with Crippen LogP contribution in [0.15, 0.2) is 66.7 Å². The minimum absolute atomic E-state index is 0.0925. The average Bonchev–Trinajstić information content (AvgIpc) is 2.84. The fourth-order valence-corrected chi connectivity index (χ4v) is 3.45. The molecule has 3 aromatic carbocycles. The maximum atomic E-state index is 12.9. The van der Waals surface area contributed by atoms with Crippen molar-refractivity contribution < 1.29 is 32.2 Å². The van der Waals surface area contributed by atoms with Crippen molar-refractivity contribution in [1.82, 2.24) is 4.98 Å². The molecule has 1 aromatic heterocycles. The van der Waals surface area contributed by atoms with Crippen LogP contribution in [0.2, 0.25) is 0 Å². The predicted molar refractivity (Wildman–Crippen MR) is 125 cm³/mol. The smallest absolute Gasteiger partial charge is 0.416 e. The van der Waals surface area contributed by atoms with Crippen LogP contribution < -0.4 is 19.5 Å². The van der Waals surface area contributed by atoms with Crippen LogP contribution in [-0.4, -0.2) is 25.1 Å². The van der Waals surface area contributed by atoms with E-state index in [2.05, 4.69) is 10.3 Å². The minimum Gasteiger partial charge on any atom is -0.493 e. The molecule has 0 aliphatic rings. The van der Waals surface area contributed by atoms with Gasteiger partial charge in [0.05, 0.1) is 31.0 Å². The number of rotatable bonds is 6. The molecule has 180 valence electrons. The summed E-state index contributed by atoms with van der Waals surface area (Å²) in [7, 11) is 3.11. The molecule has 4 rings (SSSR count). The van der Waals surface area contributed by atoms with Gasteiger partial charge in [-0.3, -0.25) is 4.79 Å². The second-order valence-electron chi connectivity index (χ2n) is 7.63. The number of nitrogens with zero attached hydrogens (tertiary/aromatic N) is 1. The van der Waals surface area contributed by atoms with Crippen molar-refractivity contribution in [1.29, 1.82) is 0 Å². The molecule has 0 spiro atoms. The number of pyridine rings is 1. The van der Waals surface area contributed by atoms with E-state index in [9.17, 15) is 18.0 Å². The van der Waals surface area contributed by atoms with E-state index in [0.29, 0.717) is 34.4 Å². The Balaban J connectivity index is 1.50. The highest BCUT2D eigenvalue weighted by Gasteiger charge is 2.30. The Morgan fingerprint density at radius 2 is 1.54 bits per heavy atom. The van der Waals surface area contributed by atoms with Crippen LogP contribution in [0.1, 0.15) is 21.6 Å². The number of alkyl halides is 3. The fraction of sp³-hybridized carbons (Fsp3) is 0.154. The van der Waals surface area contributed by atoms with Gasteiger partial charge in [-0.1, -0.05) is 6.07 Å². The molecule has 0 aliphatic heterocycles. The van der Waals surface area contributed by atoms with E-state index in [0.717, 1.165) is 23.0 Å². The lowest BCUT2D eigenvalue weighted by Gasteiger charge is -2.13. The lowest BCUT2D eigenvalue weighted by atomic mass is 10.1. The number of carbonyl (C=O) groups excluding carboxylic acids is 1. The minimum atomic E-state index is -4.53. The van der Waals surface area contributed by atoms with Crippen molar-refractivity contribution >= 4 is 22.5 Å². The third-order valence-electron chi connectivity index (χ3n) is 5.26.